The van der Waals surface area contributed by atoms with Crippen LogP contribution in [0, 0.1) is 5.92 Å². The predicted octanol–water partition coefficient (Wildman–Crippen LogP) is 2.06. The van der Waals surface area contributed by atoms with Crippen LogP contribution < -0.4 is 0 Å². The quantitative estimate of drug-likeness (QED) is 0.707. The van der Waals surface area contributed by atoms with Gasteiger partial charge in [0.2, 0.25) is 10.0 Å². The Balaban J connectivity index is 2.99. The first-order valence-corrected chi connectivity index (χ1v) is 7.26. The van der Waals surface area contributed by atoms with Gasteiger partial charge in [-0.25, -0.2) is 8.42 Å². The fourth-order valence-corrected chi connectivity index (χ4v) is 4.09. The molecule has 1 aliphatic heterocycles. The van der Waals surface area contributed by atoms with Crippen molar-refractivity contribution in [2.45, 2.75) is 44.9 Å². The first kappa shape index (κ1) is 13.3. The number of hydrogen-bond acceptors (Lipinski definition) is 2. The third-order valence-electron chi connectivity index (χ3n) is 3.07. The van der Waals surface area contributed by atoms with Crippen molar-refractivity contribution in [3.63, 3.8) is 0 Å². The molecule has 0 aromatic rings. The molecule has 15 heavy (non-hydrogen) atoms. The summed E-state index contributed by atoms with van der Waals surface area (Å²) in [6.07, 6.45) is 0.909. The lowest BCUT2D eigenvalue weighted by Gasteiger charge is -2.31. The van der Waals surface area contributed by atoms with E-state index in [-0.39, 0.29) is 6.04 Å². The number of nitrogens with zero attached hydrogens (tertiary/aromatic N) is 1. The third kappa shape index (κ3) is 2.32. The Morgan fingerprint density at radius 2 is 1.93 bits per heavy atom. The van der Waals surface area contributed by atoms with Crippen molar-refractivity contribution < 1.29 is 8.42 Å². The highest BCUT2D eigenvalue weighted by Crippen LogP contribution is 2.32. The van der Waals surface area contributed by atoms with Crippen LogP contribution in [0.2, 0.25) is 0 Å². The molecule has 5 heteroatoms. The van der Waals surface area contributed by atoms with Crippen LogP contribution in [0.15, 0.2) is 0 Å². The van der Waals surface area contributed by atoms with Gasteiger partial charge in [-0.05, 0) is 33.1 Å². The van der Waals surface area contributed by atoms with Gasteiger partial charge in [0.15, 0.2) is 0 Å². The summed E-state index contributed by atoms with van der Waals surface area (Å²) in [5, 5.41) is 0. The summed E-state index contributed by atoms with van der Waals surface area (Å²) >= 11 is 5.85. The molecular weight excluding hydrogens is 234 g/mol. The van der Waals surface area contributed by atoms with E-state index in [4.69, 9.17) is 11.6 Å². The van der Waals surface area contributed by atoms with Crippen molar-refractivity contribution in [3.8, 4) is 0 Å². The van der Waals surface area contributed by atoms with Gasteiger partial charge in [0.05, 0.1) is 4.75 Å². The Hall–Kier alpha value is 0.200. The van der Waals surface area contributed by atoms with Gasteiger partial charge in [-0.1, -0.05) is 6.92 Å². The van der Waals surface area contributed by atoms with Gasteiger partial charge in [-0.2, -0.15) is 4.31 Å². The molecule has 0 radical (unpaired) electrons. The molecule has 1 rings (SSSR count). The molecule has 0 aromatic carbocycles. The lowest BCUT2D eigenvalue weighted by Crippen LogP contribution is -2.46. The second-order valence-corrected chi connectivity index (χ2v) is 8.17. The lowest BCUT2D eigenvalue weighted by atomic mass is 10.1. The molecule has 1 saturated heterocycles. The highest BCUT2D eigenvalue weighted by molar-refractivity contribution is 7.90. The topological polar surface area (TPSA) is 37.4 Å². The number of alkyl halides is 1. The van der Waals surface area contributed by atoms with Gasteiger partial charge >= 0.3 is 0 Å². The minimum atomic E-state index is -3.22. The zero-order chi connectivity index (χ0) is 11.9. The molecular formula is C10H20ClNO2S. The predicted molar refractivity (Wildman–Crippen MR) is 63.7 cm³/mol. The van der Waals surface area contributed by atoms with E-state index in [9.17, 15) is 8.42 Å². The molecule has 2 atom stereocenters. The molecule has 0 saturated carbocycles. The van der Waals surface area contributed by atoms with Crippen molar-refractivity contribution in [2.75, 3.05) is 12.4 Å². The molecule has 90 valence electrons. The fraction of sp³-hybridized carbons (Fsp3) is 1.00. The molecule has 0 aromatic heterocycles. The maximum Gasteiger partial charge on any atom is 0.219 e. The Morgan fingerprint density at radius 1 is 1.40 bits per heavy atom. The van der Waals surface area contributed by atoms with E-state index in [0.717, 1.165) is 6.42 Å². The largest absolute Gasteiger partial charge is 0.219 e. The van der Waals surface area contributed by atoms with Crippen LogP contribution in [-0.4, -0.2) is 35.9 Å². The van der Waals surface area contributed by atoms with Crippen molar-refractivity contribution in [3.05, 3.63) is 0 Å². The van der Waals surface area contributed by atoms with Gasteiger partial charge in [-0.3, -0.25) is 0 Å². The second-order valence-electron chi connectivity index (χ2n) is 5.22. The van der Waals surface area contributed by atoms with E-state index in [0.29, 0.717) is 18.3 Å². The van der Waals surface area contributed by atoms with Crippen LogP contribution in [-0.2, 0) is 10.0 Å². The van der Waals surface area contributed by atoms with Gasteiger partial charge in [0.1, 0.15) is 0 Å². The summed E-state index contributed by atoms with van der Waals surface area (Å²) in [5.41, 5.74) is 0. The van der Waals surface area contributed by atoms with Crippen LogP contribution in [0.1, 0.15) is 34.1 Å². The Kier molecular flexibility index (Phi) is 3.74. The molecule has 1 fully saturated rings. The van der Waals surface area contributed by atoms with Crippen molar-refractivity contribution in [1.29, 1.82) is 0 Å². The minimum Gasteiger partial charge on any atom is -0.212 e. The first-order chi connectivity index (χ1) is 6.71. The SMILES string of the molecule is CC1CCN(S(=O)(=O)C(C)(C)C)C1CCl. The Bertz CT molecular complexity index is 321. The number of sulfonamides is 1. The Labute approximate surface area is 97.8 Å². The van der Waals surface area contributed by atoms with Crippen molar-refractivity contribution >= 4 is 21.6 Å². The summed E-state index contributed by atoms with van der Waals surface area (Å²) in [6.45, 7) is 7.87. The van der Waals surface area contributed by atoms with Crippen LogP contribution in [0.5, 0.6) is 0 Å². The van der Waals surface area contributed by atoms with E-state index < -0.39 is 14.8 Å². The van der Waals surface area contributed by atoms with Gasteiger partial charge in [0.25, 0.3) is 0 Å². The molecule has 3 nitrogen and oxygen atoms in total. The summed E-state index contributed by atoms with van der Waals surface area (Å²) in [7, 11) is -3.22. The van der Waals surface area contributed by atoms with E-state index >= 15 is 0 Å². The monoisotopic (exact) mass is 253 g/mol. The maximum absolute atomic E-state index is 12.2. The van der Waals surface area contributed by atoms with Crippen LogP contribution >= 0.6 is 11.6 Å². The van der Waals surface area contributed by atoms with Crippen molar-refractivity contribution in [2.24, 2.45) is 5.92 Å². The molecule has 0 bridgehead atoms. The molecule has 0 N–H and O–H groups in total. The normalized spacial score (nSPS) is 29.7. The molecule has 0 spiro atoms. The van der Waals surface area contributed by atoms with E-state index in [2.05, 4.69) is 6.92 Å². The second kappa shape index (κ2) is 4.22. The van der Waals surface area contributed by atoms with Crippen LogP contribution in [0.3, 0.4) is 0 Å². The van der Waals surface area contributed by atoms with Crippen molar-refractivity contribution in [1.82, 2.24) is 4.31 Å². The highest BCUT2D eigenvalue weighted by atomic mass is 35.5. The van der Waals surface area contributed by atoms with E-state index in [1.165, 1.54) is 0 Å². The first-order valence-electron chi connectivity index (χ1n) is 5.29. The van der Waals surface area contributed by atoms with Gasteiger partial charge in [-0.15, -0.1) is 11.6 Å². The summed E-state index contributed by atoms with van der Waals surface area (Å²) in [5.74, 6) is 0.746. The van der Waals surface area contributed by atoms with E-state index in [1.54, 1.807) is 25.1 Å². The number of hydrogen-bond donors (Lipinski definition) is 0. The average Bonchev–Trinajstić information content (AvgIpc) is 2.44. The molecule has 0 aliphatic carbocycles. The lowest BCUT2D eigenvalue weighted by molar-refractivity contribution is 0.363. The fourth-order valence-electron chi connectivity index (χ4n) is 1.85. The summed E-state index contributed by atoms with van der Waals surface area (Å²) in [6, 6.07) is -0.0316. The minimum absolute atomic E-state index is 0.0316. The zero-order valence-electron chi connectivity index (χ0n) is 9.83. The Morgan fingerprint density at radius 3 is 2.33 bits per heavy atom. The van der Waals surface area contributed by atoms with Gasteiger partial charge in [0, 0.05) is 18.5 Å². The zero-order valence-corrected chi connectivity index (χ0v) is 11.4. The molecule has 1 aliphatic rings. The molecule has 0 amide bonds. The standard InChI is InChI=1S/C10H20ClNO2S/c1-8-5-6-12(9(8)7-11)15(13,14)10(2,3)4/h8-9H,5-7H2,1-4H3. The molecule has 1 heterocycles. The van der Waals surface area contributed by atoms with Crippen LogP contribution in [0.25, 0.3) is 0 Å². The van der Waals surface area contributed by atoms with Crippen LogP contribution in [0.4, 0.5) is 0 Å². The van der Waals surface area contributed by atoms with Gasteiger partial charge < -0.3 is 0 Å². The maximum atomic E-state index is 12.2. The average molecular weight is 254 g/mol. The van der Waals surface area contributed by atoms with E-state index in [1.807, 2.05) is 0 Å². The smallest absolute Gasteiger partial charge is 0.212 e. The number of halogens is 1. The summed E-state index contributed by atoms with van der Waals surface area (Å²) < 4.78 is 25.3. The summed E-state index contributed by atoms with van der Waals surface area (Å²) in [4.78, 5) is 0. The highest BCUT2D eigenvalue weighted by Gasteiger charge is 2.43. The number of rotatable bonds is 2. The third-order valence-corrected chi connectivity index (χ3v) is 6.01. The molecule has 2 unspecified atom stereocenters.